The van der Waals surface area contributed by atoms with E-state index in [4.69, 9.17) is 10.2 Å². The van der Waals surface area contributed by atoms with Crippen molar-refractivity contribution in [3.05, 3.63) is 64.0 Å². The summed E-state index contributed by atoms with van der Waals surface area (Å²) >= 11 is 0. The Labute approximate surface area is 205 Å². The van der Waals surface area contributed by atoms with Crippen molar-refractivity contribution in [2.75, 3.05) is 6.54 Å². The third-order valence-corrected chi connectivity index (χ3v) is 7.84. The molecule has 3 aliphatic rings. The summed E-state index contributed by atoms with van der Waals surface area (Å²) in [7, 11) is 0. The Morgan fingerprint density at radius 3 is 2.61 bits per heavy atom. The first-order valence-electron chi connectivity index (χ1n) is 12.1. The number of H-pyrrole nitrogens is 1. The third-order valence-electron chi connectivity index (χ3n) is 7.84. The van der Waals surface area contributed by atoms with Crippen LogP contribution in [0.4, 0.5) is 0 Å². The largest absolute Gasteiger partial charge is 0.417 e. The SMILES string of the molecule is NC12CCC(CNC(=O)c3cc(C(=O)NCc4ccc5oc(=O)[nH]c5c4)nc4ccnn34)(CC1)CC2. The summed E-state index contributed by atoms with van der Waals surface area (Å²) in [5.41, 5.74) is 9.04. The number of rotatable bonds is 6. The summed E-state index contributed by atoms with van der Waals surface area (Å²) < 4.78 is 6.45. The number of aromatic amines is 1. The van der Waals surface area contributed by atoms with Crippen molar-refractivity contribution in [2.24, 2.45) is 11.1 Å². The lowest BCUT2D eigenvalue weighted by Gasteiger charge is -2.51. The van der Waals surface area contributed by atoms with Gasteiger partial charge in [-0.15, -0.1) is 0 Å². The second-order valence-electron chi connectivity index (χ2n) is 10.2. The van der Waals surface area contributed by atoms with Crippen LogP contribution in [0.25, 0.3) is 16.7 Å². The lowest BCUT2D eigenvalue weighted by molar-refractivity contribution is 0.0429. The van der Waals surface area contributed by atoms with E-state index in [0.29, 0.717) is 23.3 Å². The first-order chi connectivity index (χ1) is 17.3. The van der Waals surface area contributed by atoms with E-state index in [1.807, 2.05) is 0 Å². The summed E-state index contributed by atoms with van der Waals surface area (Å²) in [6.07, 6.45) is 7.58. The third kappa shape index (κ3) is 4.05. The molecule has 3 aromatic heterocycles. The van der Waals surface area contributed by atoms with Crippen molar-refractivity contribution in [1.29, 1.82) is 0 Å². The molecule has 2 amide bonds. The van der Waals surface area contributed by atoms with Crippen LogP contribution in [0, 0.1) is 5.41 Å². The predicted molar refractivity (Wildman–Crippen MR) is 130 cm³/mol. The van der Waals surface area contributed by atoms with Crippen LogP contribution in [0.2, 0.25) is 0 Å². The van der Waals surface area contributed by atoms with Crippen molar-refractivity contribution in [2.45, 2.75) is 50.6 Å². The smallest absolute Gasteiger partial charge is 0.408 e. The first kappa shape index (κ1) is 22.5. The maximum absolute atomic E-state index is 13.2. The number of hydrogen-bond donors (Lipinski definition) is 4. The molecule has 0 spiro atoms. The molecular weight excluding hydrogens is 462 g/mol. The van der Waals surface area contributed by atoms with Crippen LogP contribution in [0.15, 0.2) is 45.7 Å². The summed E-state index contributed by atoms with van der Waals surface area (Å²) in [6.45, 7) is 0.786. The Bertz CT molecular complexity index is 1520. The minimum atomic E-state index is -0.533. The Morgan fingerprint density at radius 1 is 1.06 bits per heavy atom. The molecule has 0 radical (unpaired) electrons. The van der Waals surface area contributed by atoms with Gasteiger partial charge in [0.25, 0.3) is 11.8 Å². The van der Waals surface area contributed by atoms with Crippen LogP contribution in [0.3, 0.4) is 0 Å². The predicted octanol–water partition coefficient (Wildman–Crippen LogP) is 1.88. The van der Waals surface area contributed by atoms with Gasteiger partial charge in [-0.3, -0.25) is 14.6 Å². The minimum Gasteiger partial charge on any atom is -0.408 e. The van der Waals surface area contributed by atoms with Crippen LogP contribution in [0.5, 0.6) is 0 Å². The van der Waals surface area contributed by atoms with Gasteiger partial charge in [-0.05, 0) is 61.6 Å². The van der Waals surface area contributed by atoms with Crippen LogP contribution in [-0.2, 0) is 6.54 Å². The van der Waals surface area contributed by atoms with Crippen molar-refractivity contribution >= 4 is 28.6 Å². The average Bonchev–Trinajstić information content (AvgIpc) is 3.51. The van der Waals surface area contributed by atoms with Gasteiger partial charge in [-0.2, -0.15) is 5.10 Å². The fourth-order valence-corrected chi connectivity index (χ4v) is 5.49. The Balaban J connectivity index is 1.17. The number of amides is 2. The highest BCUT2D eigenvalue weighted by molar-refractivity contribution is 5.98. The number of nitrogens with one attached hydrogen (secondary N) is 3. The van der Waals surface area contributed by atoms with Gasteiger partial charge in [0.15, 0.2) is 11.2 Å². The van der Waals surface area contributed by atoms with Crippen molar-refractivity contribution < 1.29 is 14.0 Å². The van der Waals surface area contributed by atoms with Crippen molar-refractivity contribution in [3.8, 4) is 0 Å². The lowest BCUT2D eigenvalue weighted by atomic mass is 9.57. The number of benzene rings is 1. The van der Waals surface area contributed by atoms with E-state index in [-0.39, 0.29) is 34.8 Å². The molecule has 11 heteroatoms. The van der Waals surface area contributed by atoms with Crippen LogP contribution in [0.1, 0.15) is 65.1 Å². The van der Waals surface area contributed by atoms with E-state index in [9.17, 15) is 14.4 Å². The monoisotopic (exact) mass is 489 g/mol. The minimum absolute atomic E-state index is 0.0259. The highest BCUT2D eigenvalue weighted by Gasteiger charge is 2.46. The summed E-state index contributed by atoms with van der Waals surface area (Å²) in [6, 6.07) is 8.28. The number of aromatic nitrogens is 4. The molecule has 0 atom stereocenters. The molecule has 4 aromatic rings. The molecule has 0 saturated heterocycles. The zero-order valence-corrected chi connectivity index (χ0v) is 19.7. The number of hydrogen-bond acceptors (Lipinski definition) is 7. The molecule has 3 heterocycles. The average molecular weight is 490 g/mol. The van der Waals surface area contributed by atoms with Gasteiger partial charge < -0.3 is 20.8 Å². The zero-order chi connectivity index (χ0) is 24.9. The fraction of sp³-hybridized carbons (Fsp3) is 0.400. The lowest BCUT2D eigenvalue weighted by Crippen LogP contribution is -2.54. The van der Waals surface area contributed by atoms with Gasteiger partial charge in [0.2, 0.25) is 0 Å². The molecule has 11 nitrogen and oxygen atoms in total. The molecule has 2 bridgehead atoms. The maximum atomic E-state index is 13.2. The molecular formula is C25H27N7O4. The van der Waals surface area contributed by atoms with Gasteiger partial charge in [-0.1, -0.05) is 6.07 Å². The molecule has 3 fully saturated rings. The fourth-order valence-electron chi connectivity index (χ4n) is 5.49. The van der Waals surface area contributed by atoms with Gasteiger partial charge >= 0.3 is 5.76 Å². The molecule has 1 aromatic carbocycles. The number of carbonyl (C=O) groups is 2. The van der Waals surface area contributed by atoms with Crippen LogP contribution >= 0.6 is 0 Å². The van der Waals surface area contributed by atoms with Crippen LogP contribution in [-0.4, -0.2) is 43.5 Å². The van der Waals surface area contributed by atoms with Gasteiger partial charge in [-0.25, -0.2) is 14.3 Å². The number of fused-ring (bicyclic) bond motifs is 5. The normalized spacial score (nSPS) is 23.2. The highest BCUT2D eigenvalue weighted by atomic mass is 16.4. The molecule has 186 valence electrons. The molecule has 36 heavy (non-hydrogen) atoms. The Kier molecular flexibility index (Phi) is 5.18. The molecule has 5 N–H and O–H groups in total. The topological polar surface area (TPSA) is 160 Å². The van der Waals surface area contributed by atoms with E-state index in [2.05, 4.69) is 25.7 Å². The molecule has 7 rings (SSSR count). The van der Waals surface area contributed by atoms with E-state index >= 15 is 0 Å². The quantitative estimate of drug-likeness (QED) is 0.321. The Morgan fingerprint density at radius 2 is 1.83 bits per heavy atom. The van der Waals surface area contributed by atoms with Crippen molar-refractivity contribution in [1.82, 2.24) is 30.2 Å². The second-order valence-corrected chi connectivity index (χ2v) is 10.2. The summed E-state index contributed by atoms with van der Waals surface area (Å²) in [4.78, 5) is 44.5. The van der Waals surface area contributed by atoms with E-state index < -0.39 is 11.7 Å². The van der Waals surface area contributed by atoms with Gasteiger partial charge in [0.1, 0.15) is 11.4 Å². The molecule has 0 aliphatic heterocycles. The standard InChI is InChI=1S/C25H27N7O4/c26-25-7-4-24(5-8-25,6-9-25)14-28-22(34)18-12-17(30-20-3-10-29-32(18)20)21(33)27-13-15-1-2-19-16(11-15)31-23(35)36-19/h1-3,10-12H,4-9,13-14,26H2,(H,27,33)(H,28,34)(H,31,35). The maximum Gasteiger partial charge on any atom is 0.417 e. The number of oxazole rings is 1. The van der Waals surface area contributed by atoms with E-state index in [0.717, 1.165) is 44.1 Å². The summed E-state index contributed by atoms with van der Waals surface area (Å²) in [5, 5.41) is 10.1. The van der Waals surface area contributed by atoms with E-state index in [1.165, 1.54) is 10.6 Å². The van der Waals surface area contributed by atoms with Crippen molar-refractivity contribution in [3.63, 3.8) is 0 Å². The second kappa shape index (κ2) is 8.30. The molecule has 0 unspecified atom stereocenters. The molecule has 3 saturated carbocycles. The van der Waals surface area contributed by atoms with Gasteiger partial charge in [0.05, 0.1) is 11.7 Å². The zero-order valence-electron chi connectivity index (χ0n) is 19.7. The van der Waals surface area contributed by atoms with E-state index in [1.54, 1.807) is 30.5 Å². The number of nitrogens with two attached hydrogens (primary N) is 1. The van der Waals surface area contributed by atoms with Crippen LogP contribution < -0.4 is 22.1 Å². The van der Waals surface area contributed by atoms with Gasteiger partial charge in [0, 0.05) is 30.8 Å². The number of nitrogens with zero attached hydrogens (tertiary/aromatic N) is 3. The number of carbonyl (C=O) groups excluding carboxylic acids is 2. The first-order valence-corrected chi connectivity index (χ1v) is 12.1. The highest BCUT2D eigenvalue weighted by Crippen LogP contribution is 2.50. The molecule has 3 aliphatic carbocycles. The Hall–Kier alpha value is -3.99. The summed E-state index contributed by atoms with van der Waals surface area (Å²) in [5.74, 6) is -1.25.